The fourth-order valence-corrected chi connectivity index (χ4v) is 3.27. The van der Waals surface area contributed by atoms with Crippen LogP contribution in [-0.4, -0.2) is 27.4 Å². The minimum atomic E-state index is 0.213. The van der Waals surface area contributed by atoms with Crippen LogP contribution >= 0.6 is 24.0 Å². The molecule has 0 unspecified atom stereocenters. The highest BCUT2D eigenvalue weighted by atomic mass is 32.2. The lowest BCUT2D eigenvalue weighted by molar-refractivity contribution is -0.124. The predicted octanol–water partition coefficient (Wildman–Crippen LogP) is 2.43. The van der Waals surface area contributed by atoms with Crippen LogP contribution in [-0.2, 0) is 4.79 Å². The van der Waals surface area contributed by atoms with Crippen LogP contribution in [0.15, 0.2) is 0 Å². The molecule has 0 bridgehead atoms. The molecule has 1 heterocycles. The Hall–Kier alpha value is -0.0900. The Bertz CT molecular complexity index is 233. The number of amides is 1. The summed E-state index contributed by atoms with van der Waals surface area (Å²) >= 11 is 6.66. The molecule has 0 aromatic heterocycles. The molecule has 2 rings (SSSR count). The highest BCUT2D eigenvalue weighted by Gasteiger charge is 2.29. The van der Waals surface area contributed by atoms with Crippen molar-refractivity contribution in [3.63, 3.8) is 0 Å². The maximum Gasteiger partial charge on any atom is 0.238 e. The van der Waals surface area contributed by atoms with Gasteiger partial charge in [0.15, 0.2) is 0 Å². The maximum atomic E-state index is 11.5. The van der Waals surface area contributed by atoms with Crippen molar-refractivity contribution in [2.45, 2.75) is 32.1 Å². The van der Waals surface area contributed by atoms with Crippen LogP contribution in [0.5, 0.6) is 0 Å². The molecule has 78 valence electrons. The van der Waals surface area contributed by atoms with Gasteiger partial charge in [0, 0.05) is 6.54 Å². The monoisotopic (exact) mass is 229 g/mol. The van der Waals surface area contributed by atoms with E-state index < -0.39 is 0 Å². The van der Waals surface area contributed by atoms with E-state index in [1.807, 2.05) is 4.90 Å². The van der Waals surface area contributed by atoms with Gasteiger partial charge in [-0.05, 0) is 18.8 Å². The molecule has 2 nitrogen and oxygen atoms in total. The zero-order valence-electron chi connectivity index (χ0n) is 8.20. The first-order chi connectivity index (χ1) is 6.77. The van der Waals surface area contributed by atoms with Crippen molar-refractivity contribution in [3.05, 3.63) is 0 Å². The van der Waals surface area contributed by atoms with Crippen molar-refractivity contribution < 1.29 is 4.79 Å². The summed E-state index contributed by atoms with van der Waals surface area (Å²) in [4.78, 5) is 13.3. The third kappa shape index (κ3) is 2.28. The van der Waals surface area contributed by atoms with Gasteiger partial charge in [-0.15, -0.1) is 0 Å². The molecule has 0 radical (unpaired) electrons. The summed E-state index contributed by atoms with van der Waals surface area (Å²) in [6, 6.07) is 0. The SMILES string of the molecule is O=C1CSC(=S)N1CC1CCCCC1. The van der Waals surface area contributed by atoms with E-state index in [2.05, 4.69) is 0 Å². The fraction of sp³-hybridized carbons (Fsp3) is 0.800. The van der Waals surface area contributed by atoms with Gasteiger partial charge in [-0.25, -0.2) is 0 Å². The topological polar surface area (TPSA) is 20.3 Å². The first-order valence-corrected chi connectivity index (χ1v) is 6.64. The summed E-state index contributed by atoms with van der Waals surface area (Å²) in [6.07, 6.45) is 6.57. The molecular formula is C10H15NOS2. The summed E-state index contributed by atoms with van der Waals surface area (Å²) < 4.78 is 0.792. The van der Waals surface area contributed by atoms with Crippen molar-refractivity contribution in [2.75, 3.05) is 12.3 Å². The van der Waals surface area contributed by atoms with E-state index in [0.717, 1.165) is 10.9 Å². The van der Waals surface area contributed by atoms with Gasteiger partial charge in [-0.3, -0.25) is 9.69 Å². The summed E-state index contributed by atoms with van der Waals surface area (Å²) in [6.45, 7) is 0.880. The van der Waals surface area contributed by atoms with Crippen molar-refractivity contribution >= 4 is 34.2 Å². The van der Waals surface area contributed by atoms with Gasteiger partial charge in [0.2, 0.25) is 5.91 Å². The Kier molecular flexibility index (Phi) is 3.44. The van der Waals surface area contributed by atoms with E-state index >= 15 is 0 Å². The van der Waals surface area contributed by atoms with Crippen LogP contribution in [0.2, 0.25) is 0 Å². The quantitative estimate of drug-likeness (QED) is 0.678. The van der Waals surface area contributed by atoms with Gasteiger partial charge >= 0.3 is 0 Å². The minimum absolute atomic E-state index is 0.213. The lowest BCUT2D eigenvalue weighted by Crippen LogP contribution is -2.34. The number of carbonyl (C=O) groups excluding carboxylic acids is 1. The largest absolute Gasteiger partial charge is 0.297 e. The van der Waals surface area contributed by atoms with Crippen LogP contribution in [0.4, 0.5) is 0 Å². The first kappa shape index (κ1) is 10.4. The van der Waals surface area contributed by atoms with Gasteiger partial charge in [0.05, 0.1) is 5.75 Å². The Balaban J connectivity index is 1.89. The molecule has 2 aliphatic rings. The summed E-state index contributed by atoms with van der Waals surface area (Å²) in [5.41, 5.74) is 0. The Morgan fingerprint density at radius 1 is 1.36 bits per heavy atom. The third-order valence-corrected chi connectivity index (χ3v) is 4.44. The van der Waals surface area contributed by atoms with E-state index in [1.165, 1.54) is 43.9 Å². The second-order valence-electron chi connectivity index (χ2n) is 4.06. The van der Waals surface area contributed by atoms with Gasteiger partial charge < -0.3 is 0 Å². The smallest absolute Gasteiger partial charge is 0.238 e. The number of nitrogens with zero attached hydrogens (tertiary/aromatic N) is 1. The first-order valence-electron chi connectivity index (χ1n) is 5.24. The molecule has 0 spiro atoms. The molecule has 14 heavy (non-hydrogen) atoms. The number of carbonyl (C=O) groups is 1. The molecule has 1 saturated carbocycles. The minimum Gasteiger partial charge on any atom is -0.297 e. The van der Waals surface area contributed by atoms with Crippen LogP contribution in [0, 0.1) is 5.92 Å². The Morgan fingerprint density at radius 3 is 2.64 bits per heavy atom. The highest BCUT2D eigenvalue weighted by Crippen LogP contribution is 2.27. The van der Waals surface area contributed by atoms with Crippen LogP contribution in [0.25, 0.3) is 0 Å². The van der Waals surface area contributed by atoms with Crippen molar-refractivity contribution in [3.8, 4) is 0 Å². The van der Waals surface area contributed by atoms with E-state index in [1.54, 1.807) is 0 Å². The molecule has 4 heteroatoms. The predicted molar refractivity (Wildman–Crippen MR) is 63.3 cm³/mol. The third-order valence-electron chi connectivity index (χ3n) is 3.01. The molecule has 1 aliphatic heterocycles. The second-order valence-corrected chi connectivity index (χ2v) is 5.67. The van der Waals surface area contributed by atoms with Crippen LogP contribution < -0.4 is 0 Å². The molecule has 0 atom stereocenters. The van der Waals surface area contributed by atoms with Gasteiger partial charge in [-0.2, -0.15) is 0 Å². The van der Waals surface area contributed by atoms with Gasteiger partial charge in [0.25, 0.3) is 0 Å². The van der Waals surface area contributed by atoms with E-state index in [-0.39, 0.29) is 5.91 Å². The van der Waals surface area contributed by atoms with E-state index in [9.17, 15) is 4.79 Å². The van der Waals surface area contributed by atoms with Crippen LogP contribution in [0.1, 0.15) is 32.1 Å². The molecule has 0 aromatic rings. The molecule has 1 saturated heterocycles. The van der Waals surface area contributed by atoms with E-state index in [0.29, 0.717) is 11.7 Å². The lowest BCUT2D eigenvalue weighted by atomic mass is 9.89. The zero-order chi connectivity index (χ0) is 9.97. The summed E-state index contributed by atoms with van der Waals surface area (Å²) in [5, 5.41) is 0. The fourth-order valence-electron chi connectivity index (χ4n) is 2.19. The summed E-state index contributed by atoms with van der Waals surface area (Å²) in [5.74, 6) is 1.47. The normalized spacial score (nSPS) is 24.7. The Labute approximate surface area is 94.4 Å². The molecule has 1 amide bonds. The number of thioether (sulfide) groups is 1. The van der Waals surface area contributed by atoms with Crippen LogP contribution in [0.3, 0.4) is 0 Å². The standard InChI is InChI=1S/C10H15NOS2/c12-9-7-14-10(13)11(9)6-8-4-2-1-3-5-8/h8H,1-7H2. The second kappa shape index (κ2) is 4.62. The molecule has 0 N–H and O–H groups in total. The molecular weight excluding hydrogens is 214 g/mol. The van der Waals surface area contributed by atoms with E-state index in [4.69, 9.17) is 12.2 Å². The highest BCUT2D eigenvalue weighted by molar-refractivity contribution is 8.23. The summed E-state index contributed by atoms with van der Waals surface area (Å²) in [7, 11) is 0. The average molecular weight is 229 g/mol. The molecule has 0 aromatic carbocycles. The van der Waals surface area contributed by atoms with Crippen molar-refractivity contribution in [1.82, 2.24) is 4.90 Å². The van der Waals surface area contributed by atoms with Gasteiger partial charge in [0.1, 0.15) is 4.32 Å². The number of hydrogen-bond donors (Lipinski definition) is 0. The Morgan fingerprint density at radius 2 is 2.07 bits per heavy atom. The number of hydrogen-bond acceptors (Lipinski definition) is 3. The molecule has 2 fully saturated rings. The number of thiocarbonyl (C=S) groups is 1. The zero-order valence-corrected chi connectivity index (χ0v) is 9.83. The average Bonchev–Trinajstić information content (AvgIpc) is 2.51. The van der Waals surface area contributed by atoms with Crippen molar-refractivity contribution in [2.24, 2.45) is 5.92 Å². The lowest BCUT2D eigenvalue weighted by Gasteiger charge is -2.26. The molecule has 1 aliphatic carbocycles. The van der Waals surface area contributed by atoms with Gasteiger partial charge in [-0.1, -0.05) is 43.2 Å². The van der Waals surface area contributed by atoms with Crippen molar-refractivity contribution in [1.29, 1.82) is 0 Å². The maximum absolute atomic E-state index is 11.5. The number of rotatable bonds is 2.